The van der Waals surface area contributed by atoms with Crippen molar-refractivity contribution in [2.75, 3.05) is 38.1 Å². The van der Waals surface area contributed by atoms with E-state index >= 15 is 0 Å². The molecule has 0 bridgehead atoms. The third-order valence-electron chi connectivity index (χ3n) is 3.70. The fraction of sp³-hybridized carbons (Fsp3) is 0.429. The molecule has 2 aromatic rings. The number of amides is 1. The van der Waals surface area contributed by atoms with Gasteiger partial charge in [0.2, 0.25) is 5.91 Å². The lowest BCUT2D eigenvalue weighted by Crippen LogP contribution is -2.43. The van der Waals surface area contributed by atoms with Crippen LogP contribution >= 0.6 is 0 Å². The van der Waals surface area contributed by atoms with Crippen molar-refractivity contribution in [1.82, 2.24) is 15.2 Å². The Morgan fingerprint density at radius 2 is 2.14 bits per heavy atom. The van der Waals surface area contributed by atoms with Crippen LogP contribution in [-0.2, 0) is 11.3 Å². The summed E-state index contributed by atoms with van der Waals surface area (Å²) in [5.41, 5.74) is 2.14. The number of aromatic nitrogens is 1. The van der Waals surface area contributed by atoms with Crippen LogP contribution in [0.25, 0.3) is 11.1 Å². The maximum atomic E-state index is 12.0. The van der Waals surface area contributed by atoms with Gasteiger partial charge < -0.3 is 20.0 Å². The van der Waals surface area contributed by atoms with E-state index in [0.29, 0.717) is 11.1 Å². The van der Waals surface area contributed by atoms with Gasteiger partial charge in [-0.3, -0.25) is 9.36 Å². The molecule has 2 N–H and O–H groups in total. The van der Waals surface area contributed by atoms with Crippen molar-refractivity contribution in [3.63, 3.8) is 0 Å². The Kier molecular flexibility index (Phi) is 3.66. The maximum absolute atomic E-state index is 12.0. The van der Waals surface area contributed by atoms with Gasteiger partial charge in [-0.15, -0.1) is 0 Å². The quantitative estimate of drug-likeness (QED) is 0.815. The number of anilines is 1. The Morgan fingerprint density at radius 1 is 1.38 bits per heavy atom. The van der Waals surface area contributed by atoms with Gasteiger partial charge in [0, 0.05) is 33.2 Å². The first kappa shape index (κ1) is 13.7. The van der Waals surface area contributed by atoms with Crippen molar-refractivity contribution in [2.45, 2.75) is 6.54 Å². The van der Waals surface area contributed by atoms with Crippen molar-refractivity contribution in [2.24, 2.45) is 0 Å². The van der Waals surface area contributed by atoms with Crippen molar-refractivity contribution < 1.29 is 9.21 Å². The predicted octanol–water partition coefficient (Wildman–Crippen LogP) is -0.250. The highest BCUT2D eigenvalue weighted by atomic mass is 16.4. The van der Waals surface area contributed by atoms with Crippen LogP contribution in [0.2, 0.25) is 0 Å². The first-order valence-corrected chi connectivity index (χ1v) is 6.99. The second-order valence-corrected chi connectivity index (χ2v) is 4.99. The summed E-state index contributed by atoms with van der Waals surface area (Å²) in [7, 11) is 1.55. The average molecular weight is 290 g/mol. The molecular formula is C14H18N4O3. The average Bonchev–Trinajstić information content (AvgIpc) is 2.84. The van der Waals surface area contributed by atoms with Crippen molar-refractivity contribution in [3.05, 3.63) is 28.7 Å². The molecule has 1 aromatic heterocycles. The second-order valence-electron chi connectivity index (χ2n) is 4.99. The molecule has 1 aliphatic heterocycles. The van der Waals surface area contributed by atoms with E-state index in [1.54, 1.807) is 13.1 Å². The van der Waals surface area contributed by atoms with E-state index in [9.17, 15) is 9.59 Å². The van der Waals surface area contributed by atoms with Crippen LogP contribution in [0.15, 0.2) is 27.4 Å². The third-order valence-corrected chi connectivity index (χ3v) is 3.70. The van der Waals surface area contributed by atoms with Crippen LogP contribution in [0, 0.1) is 0 Å². The van der Waals surface area contributed by atoms with Crippen LogP contribution in [0.3, 0.4) is 0 Å². The van der Waals surface area contributed by atoms with Gasteiger partial charge in [-0.05, 0) is 12.1 Å². The Bertz CT molecular complexity index is 713. The second kappa shape index (κ2) is 5.61. The number of likely N-dealkylation sites (N-methyl/N-ethyl adjacent to an activating group) is 1. The van der Waals surface area contributed by atoms with Crippen LogP contribution in [0.4, 0.5) is 5.69 Å². The number of hydrogen-bond donors (Lipinski definition) is 2. The van der Waals surface area contributed by atoms with Crippen LogP contribution in [0.5, 0.6) is 0 Å². The van der Waals surface area contributed by atoms with E-state index in [4.69, 9.17) is 4.42 Å². The van der Waals surface area contributed by atoms with E-state index in [0.717, 1.165) is 31.9 Å². The zero-order valence-corrected chi connectivity index (χ0v) is 11.9. The number of rotatable bonds is 3. The standard InChI is InChI=1S/C14H18N4O3/c1-15-12(19)9-18-13-10(17-7-5-16-6-8-17)3-2-4-11(13)21-14(18)20/h2-4,16H,5-9H2,1H3,(H,15,19). The van der Waals surface area contributed by atoms with Gasteiger partial charge in [0.25, 0.3) is 0 Å². The number of carbonyl (C=O) groups excluding carboxylic acids is 1. The Hall–Kier alpha value is -2.28. The normalized spacial score (nSPS) is 15.4. The van der Waals surface area contributed by atoms with E-state index in [1.165, 1.54) is 4.57 Å². The maximum Gasteiger partial charge on any atom is 0.420 e. The first-order valence-electron chi connectivity index (χ1n) is 6.99. The Balaban J connectivity index is 2.11. The summed E-state index contributed by atoms with van der Waals surface area (Å²) in [5.74, 6) is -0.730. The van der Waals surface area contributed by atoms with Gasteiger partial charge in [0.1, 0.15) is 12.1 Å². The number of hydrogen-bond acceptors (Lipinski definition) is 5. The highest BCUT2D eigenvalue weighted by Gasteiger charge is 2.19. The number of nitrogens with zero attached hydrogens (tertiary/aromatic N) is 2. The minimum Gasteiger partial charge on any atom is -0.408 e. The van der Waals surface area contributed by atoms with Crippen molar-refractivity contribution >= 4 is 22.7 Å². The summed E-state index contributed by atoms with van der Waals surface area (Å²) in [4.78, 5) is 25.8. The Morgan fingerprint density at radius 3 is 2.86 bits per heavy atom. The van der Waals surface area contributed by atoms with E-state index in [-0.39, 0.29) is 12.5 Å². The number of carbonyl (C=O) groups is 1. The SMILES string of the molecule is CNC(=O)Cn1c(=O)oc2cccc(N3CCNCC3)c21. The first-order chi connectivity index (χ1) is 10.2. The lowest BCUT2D eigenvalue weighted by atomic mass is 10.2. The lowest BCUT2D eigenvalue weighted by Gasteiger charge is -2.29. The summed E-state index contributed by atoms with van der Waals surface area (Å²) in [6.07, 6.45) is 0. The fourth-order valence-electron chi connectivity index (χ4n) is 2.63. The smallest absolute Gasteiger partial charge is 0.408 e. The van der Waals surface area contributed by atoms with Crippen LogP contribution in [0.1, 0.15) is 0 Å². The van der Waals surface area contributed by atoms with Crippen molar-refractivity contribution in [3.8, 4) is 0 Å². The molecule has 0 atom stereocenters. The van der Waals surface area contributed by atoms with Gasteiger partial charge in [-0.1, -0.05) is 6.07 Å². The monoisotopic (exact) mass is 290 g/mol. The number of piperazine rings is 1. The number of para-hydroxylation sites is 1. The largest absolute Gasteiger partial charge is 0.420 e. The fourth-order valence-corrected chi connectivity index (χ4v) is 2.63. The number of nitrogens with one attached hydrogen (secondary N) is 2. The molecule has 0 radical (unpaired) electrons. The highest BCUT2D eigenvalue weighted by molar-refractivity contribution is 5.89. The van der Waals surface area contributed by atoms with E-state index in [1.807, 2.05) is 12.1 Å². The van der Waals surface area contributed by atoms with E-state index < -0.39 is 5.76 Å². The predicted molar refractivity (Wildman–Crippen MR) is 79.6 cm³/mol. The summed E-state index contributed by atoms with van der Waals surface area (Å²) in [6, 6.07) is 5.58. The molecule has 0 spiro atoms. The zero-order valence-electron chi connectivity index (χ0n) is 11.9. The van der Waals surface area contributed by atoms with E-state index in [2.05, 4.69) is 15.5 Å². The molecule has 1 fully saturated rings. The van der Waals surface area contributed by atoms with Gasteiger partial charge in [-0.25, -0.2) is 4.79 Å². The summed E-state index contributed by atoms with van der Waals surface area (Å²) < 4.78 is 6.66. The molecule has 3 rings (SSSR count). The Labute approximate surface area is 121 Å². The molecule has 7 heteroatoms. The minimum atomic E-state index is -0.504. The van der Waals surface area contributed by atoms with Gasteiger partial charge in [-0.2, -0.15) is 0 Å². The molecule has 112 valence electrons. The number of fused-ring (bicyclic) bond motifs is 1. The third kappa shape index (κ3) is 2.52. The van der Waals surface area contributed by atoms with Crippen LogP contribution < -0.4 is 21.3 Å². The highest BCUT2D eigenvalue weighted by Crippen LogP contribution is 2.26. The molecule has 7 nitrogen and oxygen atoms in total. The van der Waals surface area contributed by atoms with Gasteiger partial charge >= 0.3 is 5.76 Å². The molecule has 0 aliphatic carbocycles. The minimum absolute atomic E-state index is 0.0363. The topological polar surface area (TPSA) is 79.5 Å². The molecule has 1 saturated heterocycles. The molecule has 0 saturated carbocycles. The molecular weight excluding hydrogens is 272 g/mol. The van der Waals surface area contributed by atoms with Gasteiger partial charge in [0.15, 0.2) is 5.58 Å². The van der Waals surface area contributed by atoms with Crippen molar-refractivity contribution in [1.29, 1.82) is 0 Å². The molecule has 1 aliphatic rings. The molecule has 1 aromatic carbocycles. The molecule has 21 heavy (non-hydrogen) atoms. The van der Waals surface area contributed by atoms with Crippen LogP contribution in [-0.4, -0.2) is 43.7 Å². The zero-order chi connectivity index (χ0) is 14.8. The van der Waals surface area contributed by atoms with Gasteiger partial charge in [0.05, 0.1) is 5.69 Å². The molecule has 0 unspecified atom stereocenters. The summed E-state index contributed by atoms with van der Waals surface area (Å²) >= 11 is 0. The summed E-state index contributed by atoms with van der Waals surface area (Å²) in [5, 5.41) is 5.83. The lowest BCUT2D eigenvalue weighted by molar-refractivity contribution is -0.121. The number of benzene rings is 1. The molecule has 2 heterocycles. The molecule has 1 amide bonds. The summed E-state index contributed by atoms with van der Waals surface area (Å²) in [6.45, 7) is 3.48. The number of oxazole rings is 1.